The summed E-state index contributed by atoms with van der Waals surface area (Å²) < 4.78 is 62.4. The number of alkyl carbamates (subject to hydrolysis) is 1. The third-order valence-corrected chi connectivity index (χ3v) is 6.68. The van der Waals surface area contributed by atoms with Crippen molar-refractivity contribution in [3.8, 4) is 35.2 Å². The molecule has 0 heterocycles. The molecule has 0 aliphatic rings. The first-order chi connectivity index (χ1) is 27.0. The maximum atomic E-state index is 12.7. The molecule has 0 saturated carbocycles. The number of nitrogens with one attached hydrogen (secondary N) is 4. The number of carbonyl (C=O) groups excluding carboxylic acids is 5. The van der Waals surface area contributed by atoms with Crippen molar-refractivity contribution in [3.63, 3.8) is 0 Å². The minimum absolute atomic E-state index is 0.107. The van der Waals surface area contributed by atoms with Gasteiger partial charge in [0.2, 0.25) is 0 Å². The molecule has 7 N–H and O–H groups in total. The summed E-state index contributed by atoms with van der Waals surface area (Å²) in [4.78, 5) is 61.2. The Morgan fingerprint density at radius 2 is 1.21 bits per heavy atom. The van der Waals surface area contributed by atoms with Gasteiger partial charge in [-0.05, 0) is 111 Å². The predicted molar refractivity (Wildman–Crippen MR) is 197 cm³/mol. The van der Waals surface area contributed by atoms with E-state index in [0.717, 1.165) is 0 Å². The van der Waals surface area contributed by atoms with Crippen LogP contribution in [0.25, 0.3) is 0 Å². The summed E-state index contributed by atoms with van der Waals surface area (Å²) in [6, 6.07) is 9.49. The van der Waals surface area contributed by atoms with Crippen molar-refractivity contribution in [1.82, 2.24) is 21.4 Å². The van der Waals surface area contributed by atoms with Crippen molar-refractivity contribution in [3.05, 3.63) is 59.7 Å². The molecule has 0 aliphatic heterocycles. The molecule has 53 heavy (non-hydrogen) atoms. The first-order valence-electron chi connectivity index (χ1n) is 18.9. The number of ether oxygens (including phenoxy) is 4. The molecule has 4 amide bonds. The van der Waals surface area contributed by atoms with E-state index in [-0.39, 0.29) is 24.3 Å². The lowest BCUT2D eigenvalue weighted by Crippen LogP contribution is -2.62. The first kappa shape index (κ1) is 35.6. The minimum atomic E-state index is -2.35. The fraction of sp³-hybridized carbons (Fsp3) is 0.447. The second kappa shape index (κ2) is 20.9. The summed E-state index contributed by atoms with van der Waals surface area (Å²) in [6.07, 6.45) is -0.751. The predicted octanol–water partition coefficient (Wildman–Crippen LogP) is 3.09. The number of nitrogens with two attached hydrogens (primary N) is 1. The van der Waals surface area contributed by atoms with Gasteiger partial charge in [-0.1, -0.05) is 11.8 Å². The van der Waals surface area contributed by atoms with Crippen molar-refractivity contribution >= 4 is 29.8 Å². The maximum absolute atomic E-state index is 12.7. The first-order valence-corrected chi connectivity index (χ1v) is 15.9. The Labute approximate surface area is 319 Å². The molecule has 2 atom stereocenters. The van der Waals surface area contributed by atoms with Crippen LogP contribution in [0.5, 0.6) is 11.5 Å². The average Bonchev–Trinajstić information content (AvgIpc) is 3.10. The Morgan fingerprint density at radius 1 is 0.774 bits per heavy atom. The van der Waals surface area contributed by atoms with Crippen LogP contribution in [0.1, 0.15) is 91.1 Å². The number of methoxy groups -OCH3 is 1. The molecule has 0 aliphatic carbocycles. The van der Waals surface area contributed by atoms with E-state index in [1.54, 1.807) is 34.6 Å². The Balaban J connectivity index is 0.000000607. The van der Waals surface area contributed by atoms with Gasteiger partial charge in [0, 0.05) is 24.9 Å². The number of benzene rings is 2. The second-order valence-corrected chi connectivity index (χ2v) is 13.2. The number of rotatable bonds is 13. The van der Waals surface area contributed by atoms with E-state index < -0.39 is 72.3 Å². The number of amides is 4. The van der Waals surface area contributed by atoms with Crippen LogP contribution in [0.3, 0.4) is 0 Å². The fourth-order valence-electron chi connectivity index (χ4n) is 4.09. The van der Waals surface area contributed by atoms with E-state index in [1.165, 1.54) is 75.0 Å². The van der Waals surface area contributed by atoms with Gasteiger partial charge in [-0.3, -0.25) is 19.6 Å². The lowest BCUT2D eigenvalue weighted by Gasteiger charge is -2.34. The van der Waals surface area contributed by atoms with Gasteiger partial charge < -0.3 is 40.6 Å². The summed E-state index contributed by atoms with van der Waals surface area (Å²) in [5.74, 6) is 6.95. The van der Waals surface area contributed by atoms with E-state index in [1.807, 2.05) is 0 Å². The lowest BCUT2D eigenvalue weighted by molar-refractivity contribution is -0.144. The summed E-state index contributed by atoms with van der Waals surface area (Å²) in [7, 11) is 1.17. The van der Waals surface area contributed by atoms with Gasteiger partial charge in [0.05, 0.1) is 12.6 Å². The number of hydrogen-bond acceptors (Lipinski definition) is 11. The number of hydrogen-bond donors (Lipinski definition) is 6. The molecular weight excluding hydrogens is 686 g/mol. The largest absolute Gasteiger partial charge is 0.481 e. The number of carbonyl (C=O) groups is 5. The molecule has 0 aromatic heterocycles. The molecule has 0 spiro atoms. The van der Waals surface area contributed by atoms with Crippen molar-refractivity contribution in [1.29, 1.82) is 0 Å². The van der Waals surface area contributed by atoms with E-state index in [4.69, 9.17) is 38.1 Å². The van der Waals surface area contributed by atoms with Crippen LogP contribution < -0.4 is 36.6 Å². The van der Waals surface area contributed by atoms with Crippen LogP contribution in [0.15, 0.2) is 48.5 Å². The van der Waals surface area contributed by atoms with E-state index in [2.05, 4.69) is 39.6 Å². The highest BCUT2D eigenvalue weighted by Gasteiger charge is 2.40. The molecule has 15 nitrogen and oxygen atoms in total. The zero-order chi connectivity index (χ0) is 45.4. The molecule has 2 aromatic rings. The standard InChI is InChI=1S/C22H30N2O6.C16H21N3O4/c1-8-9-14-29-16-12-10-15(11-13-16)18(25)23-17(19(26)28-7)22(5,6)24-20(27)30-21(2,3)4;1-4-5-10-23-12-8-6-11(7-9-12)14(20)18-13(15(21)19-22)16(2,3)17/h10-13,17H,14H2,1-7H3,(H,23,25)(H,24,27);6-9,13,22H,10,17H2,1-3H3,(H,18,20)(H,19,21)/t17-;13-/m11/s1/i2*1D3. The molecule has 0 bridgehead atoms. The van der Waals surface area contributed by atoms with Gasteiger partial charge >= 0.3 is 12.1 Å². The van der Waals surface area contributed by atoms with E-state index >= 15 is 0 Å². The topological polar surface area (TPSA) is 217 Å². The van der Waals surface area contributed by atoms with Crippen LogP contribution in [0.4, 0.5) is 4.79 Å². The maximum Gasteiger partial charge on any atom is 0.408 e. The average molecular weight is 744 g/mol. The van der Waals surface area contributed by atoms with Crippen LogP contribution in [0.2, 0.25) is 0 Å². The SMILES string of the molecule is [2H]C([2H])([2H])C#CCOc1ccc(C(=O)N[C@H](C(=O)NO)C(C)(C)N)cc1.[2H]C([2H])([2H])C#CCOc1ccc(C(=O)N[C@H](C(=O)OC)C(C)(C)NC(=O)OC(C)(C)C)cc1. The highest BCUT2D eigenvalue weighted by Crippen LogP contribution is 2.17. The smallest absolute Gasteiger partial charge is 0.408 e. The molecule has 0 radical (unpaired) electrons. The highest BCUT2D eigenvalue weighted by molar-refractivity contribution is 5.98. The summed E-state index contributed by atoms with van der Waals surface area (Å²) in [5, 5.41) is 16.4. The minimum Gasteiger partial charge on any atom is -0.481 e. The Morgan fingerprint density at radius 3 is 1.57 bits per heavy atom. The monoisotopic (exact) mass is 743 g/mol. The van der Waals surface area contributed by atoms with Crippen LogP contribution in [-0.2, 0) is 19.1 Å². The molecule has 0 fully saturated rings. The summed E-state index contributed by atoms with van der Waals surface area (Å²) in [6.45, 7) is 6.35. The van der Waals surface area contributed by atoms with Gasteiger partial charge in [0.25, 0.3) is 17.7 Å². The highest BCUT2D eigenvalue weighted by atomic mass is 16.6. The third kappa shape index (κ3) is 16.4. The van der Waals surface area contributed by atoms with Crippen LogP contribution in [-0.4, -0.2) is 84.1 Å². The summed E-state index contributed by atoms with van der Waals surface area (Å²) >= 11 is 0. The number of esters is 1. The van der Waals surface area contributed by atoms with Crippen molar-refractivity contribution in [2.45, 2.75) is 90.9 Å². The quantitative estimate of drug-likeness (QED) is 0.0759. The Kier molecular flexibility index (Phi) is 14.1. The van der Waals surface area contributed by atoms with Gasteiger partial charge in [0.15, 0.2) is 0 Å². The Hall–Kier alpha value is -5.77. The third-order valence-electron chi connectivity index (χ3n) is 6.68. The lowest BCUT2D eigenvalue weighted by atomic mass is 9.94. The fourth-order valence-corrected chi connectivity index (χ4v) is 4.09. The van der Waals surface area contributed by atoms with Crippen LogP contribution >= 0.6 is 0 Å². The van der Waals surface area contributed by atoms with Crippen LogP contribution in [0, 0.1) is 23.7 Å². The van der Waals surface area contributed by atoms with Gasteiger partial charge in [-0.15, -0.1) is 11.8 Å². The molecule has 2 rings (SSSR count). The molecule has 288 valence electrons. The van der Waals surface area contributed by atoms with Gasteiger partial charge in [-0.2, -0.15) is 0 Å². The van der Waals surface area contributed by atoms with Gasteiger partial charge in [-0.25, -0.2) is 15.1 Å². The number of hydroxylamine groups is 1. The normalized spacial score (nSPS) is 14.0. The molecule has 15 heteroatoms. The molecular formula is C38H51N5O10. The molecule has 0 saturated heterocycles. The molecule has 0 unspecified atom stereocenters. The van der Waals surface area contributed by atoms with Gasteiger partial charge in [0.1, 0.15) is 42.4 Å². The zero-order valence-corrected chi connectivity index (χ0v) is 30.9. The van der Waals surface area contributed by atoms with E-state index in [0.29, 0.717) is 11.5 Å². The van der Waals surface area contributed by atoms with E-state index in [9.17, 15) is 24.0 Å². The Bertz CT molecular complexity index is 1880. The molecule has 2 aromatic carbocycles. The van der Waals surface area contributed by atoms with Crippen molar-refractivity contribution in [2.24, 2.45) is 5.73 Å². The zero-order valence-electron chi connectivity index (χ0n) is 36.9. The van der Waals surface area contributed by atoms with Crippen molar-refractivity contribution < 1.29 is 56.4 Å². The second-order valence-electron chi connectivity index (χ2n) is 13.2. The summed E-state index contributed by atoms with van der Waals surface area (Å²) in [5.41, 5.74) is 4.69. The van der Waals surface area contributed by atoms with Crippen molar-refractivity contribution in [2.75, 3.05) is 20.3 Å².